The Labute approximate surface area is 406 Å². The minimum Gasteiger partial charge on any atom is -0.309 e. The molecule has 0 bridgehead atoms. The Kier molecular flexibility index (Phi) is 10.3. The fraction of sp³-hybridized carbons (Fsp3) is 0.194. The number of hydrogen-bond acceptors (Lipinski definition) is 0. The molecule has 2 aromatic heterocycles. The minimum atomic E-state index is -1.57. The molecule has 0 fully saturated rings. The van der Waals surface area contributed by atoms with Crippen LogP contribution in [-0.4, -0.2) is 41.4 Å². The summed E-state index contributed by atoms with van der Waals surface area (Å²) in [5, 5.41) is 16.5. The molecule has 0 unspecified atom stereocenters. The molecule has 0 aliphatic heterocycles. The number of fused-ring (bicyclic) bond motifs is 8. The van der Waals surface area contributed by atoms with Crippen molar-refractivity contribution in [2.75, 3.05) is 0 Å². The smallest absolute Gasteiger partial charge is 0.0776 e. The van der Waals surface area contributed by atoms with Crippen molar-refractivity contribution in [3.63, 3.8) is 0 Å². The summed E-state index contributed by atoms with van der Waals surface area (Å²) < 4.78 is 5.08. The first-order chi connectivity index (χ1) is 32.3. The van der Waals surface area contributed by atoms with Gasteiger partial charge in [0, 0.05) is 32.9 Å². The first-order valence-electron chi connectivity index (χ1n) is 24.6. The molecule has 0 atom stereocenters. The van der Waals surface area contributed by atoms with Crippen LogP contribution in [0.15, 0.2) is 170 Å². The molecule has 338 valence electrons. The lowest BCUT2D eigenvalue weighted by Gasteiger charge is -2.21. The topological polar surface area (TPSA) is 9.86 Å². The number of nitrogens with zero attached hydrogens (tertiary/aromatic N) is 2. The lowest BCUT2D eigenvalue weighted by molar-refractivity contribution is 1.18. The molecule has 11 rings (SSSR count). The second-order valence-corrected chi connectivity index (χ2v) is 43.8. The van der Waals surface area contributed by atoms with Crippen LogP contribution in [0.5, 0.6) is 0 Å². The molecule has 0 N–H and O–H groups in total. The molecule has 0 saturated carbocycles. The molecule has 68 heavy (non-hydrogen) atoms. The monoisotopic (exact) mass is 948 g/mol. The Balaban J connectivity index is 1.23. The van der Waals surface area contributed by atoms with Gasteiger partial charge in [0.05, 0.1) is 54.4 Å². The number of rotatable bonds is 8. The van der Waals surface area contributed by atoms with Gasteiger partial charge in [-0.2, -0.15) is 0 Å². The third-order valence-electron chi connectivity index (χ3n) is 14.7. The van der Waals surface area contributed by atoms with Gasteiger partial charge in [-0.1, -0.05) is 221 Å². The van der Waals surface area contributed by atoms with E-state index in [9.17, 15) is 0 Å². The Hall–Kier alpha value is -6.03. The van der Waals surface area contributed by atoms with E-state index in [0.29, 0.717) is 0 Å². The third-order valence-corrected chi connectivity index (χ3v) is 22.9. The largest absolute Gasteiger partial charge is 0.309 e. The first kappa shape index (κ1) is 44.5. The van der Waals surface area contributed by atoms with E-state index in [1.807, 2.05) is 0 Å². The molecule has 0 aliphatic carbocycles. The van der Waals surface area contributed by atoms with E-state index in [4.69, 9.17) is 0 Å². The van der Waals surface area contributed by atoms with Crippen molar-refractivity contribution in [3.8, 4) is 33.6 Å². The maximum absolute atomic E-state index is 2.54. The standard InChI is InChI=1S/C62H64N2Si4/c1-65(2,3)45-25-31-57-51(37-45)52-38-46(66(4,5)6)26-32-58(52)63(57)43-23-29-49-55(35-43)61(41-19-15-13-16-20-41)50-30-24-44(36-56(50)62(49)42-21-17-14-18-22-42)64-59-33-27-47(67(7,8)9)39-53(59)54-40-48(68(10,11)12)28-34-60(54)64/h13-40H,1-12H3. The van der Waals surface area contributed by atoms with Crippen molar-refractivity contribution >= 4 is 118 Å². The highest BCUT2D eigenvalue weighted by molar-refractivity contribution is 6.90. The fourth-order valence-electron chi connectivity index (χ4n) is 10.8. The summed E-state index contributed by atoms with van der Waals surface area (Å²) in [7, 11) is -6.29. The van der Waals surface area contributed by atoms with E-state index in [-0.39, 0.29) is 0 Å². The van der Waals surface area contributed by atoms with Gasteiger partial charge in [0.15, 0.2) is 0 Å². The highest BCUT2D eigenvalue weighted by Crippen LogP contribution is 2.46. The van der Waals surface area contributed by atoms with Crippen LogP contribution < -0.4 is 20.7 Å². The summed E-state index contributed by atoms with van der Waals surface area (Å²) in [6.45, 7) is 29.5. The average Bonchev–Trinajstić information content (AvgIpc) is 3.81. The van der Waals surface area contributed by atoms with Gasteiger partial charge >= 0.3 is 0 Å². The van der Waals surface area contributed by atoms with Crippen LogP contribution in [0.1, 0.15) is 0 Å². The SMILES string of the molecule is C[Si](C)(C)c1ccc2c(c1)c1cc([Si](C)(C)C)ccc1n2-c1ccc2c(-c3ccccc3)c3cc(-n4c5ccc([Si](C)(C)C)cc5c5cc([Si](C)(C)C)ccc54)ccc3c(-c3ccccc3)c2c1. The van der Waals surface area contributed by atoms with E-state index >= 15 is 0 Å². The van der Waals surface area contributed by atoms with Crippen LogP contribution in [-0.2, 0) is 0 Å². The van der Waals surface area contributed by atoms with Crippen LogP contribution in [0.3, 0.4) is 0 Å². The zero-order valence-corrected chi connectivity index (χ0v) is 46.1. The lowest BCUT2D eigenvalue weighted by Crippen LogP contribution is -2.37. The molecule has 0 aliphatic rings. The molecule has 0 spiro atoms. The van der Waals surface area contributed by atoms with Crippen molar-refractivity contribution in [2.24, 2.45) is 0 Å². The zero-order valence-electron chi connectivity index (χ0n) is 42.1. The Morgan fingerprint density at radius 2 is 0.529 bits per heavy atom. The summed E-state index contributed by atoms with van der Waals surface area (Å²) >= 11 is 0. The molecule has 0 amide bonds. The second-order valence-electron chi connectivity index (χ2n) is 23.5. The predicted octanol–water partition coefficient (Wildman–Crippen LogP) is 15.7. The van der Waals surface area contributed by atoms with Gasteiger partial charge in [-0.05, 0) is 92.3 Å². The van der Waals surface area contributed by atoms with Crippen LogP contribution in [0.25, 0.3) is 98.8 Å². The van der Waals surface area contributed by atoms with Gasteiger partial charge < -0.3 is 9.13 Å². The van der Waals surface area contributed by atoms with Gasteiger partial charge in [-0.15, -0.1) is 0 Å². The van der Waals surface area contributed by atoms with Crippen molar-refractivity contribution in [3.05, 3.63) is 170 Å². The Morgan fingerprint density at radius 3 is 0.794 bits per heavy atom. The first-order valence-corrected chi connectivity index (χ1v) is 38.6. The summed E-state index contributed by atoms with van der Waals surface area (Å²) in [5.41, 5.74) is 12.4. The van der Waals surface area contributed by atoms with Crippen molar-refractivity contribution in [1.29, 1.82) is 0 Å². The maximum atomic E-state index is 2.54. The number of hydrogen-bond donors (Lipinski definition) is 0. The molecule has 11 aromatic rings. The number of aromatic nitrogens is 2. The van der Waals surface area contributed by atoms with Crippen LogP contribution >= 0.6 is 0 Å². The molecule has 0 radical (unpaired) electrons. The Bertz CT molecular complexity index is 3420. The van der Waals surface area contributed by atoms with Gasteiger partial charge in [-0.25, -0.2) is 0 Å². The van der Waals surface area contributed by atoms with E-state index in [2.05, 4.69) is 258 Å². The average molecular weight is 950 g/mol. The van der Waals surface area contributed by atoms with Gasteiger partial charge in [0.2, 0.25) is 0 Å². The van der Waals surface area contributed by atoms with Gasteiger partial charge in [0.1, 0.15) is 0 Å². The summed E-state index contributed by atoms with van der Waals surface area (Å²) in [4.78, 5) is 0. The molecule has 9 aromatic carbocycles. The molecule has 6 heteroatoms. The van der Waals surface area contributed by atoms with E-state index in [0.717, 1.165) is 0 Å². The normalized spacial score (nSPS) is 13.0. The van der Waals surface area contributed by atoms with Crippen molar-refractivity contribution in [2.45, 2.75) is 78.6 Å². The molecule has 0 saturated heterocycles. The van der Waals surface area contributed by atoms with E-state index in [1.54, 1.807) is 0 Å². The minimum absolute atomic E-state index is 1.19. The quantitative estimate of drug-likeness (QED) is 0.106. The van der Waals surface area contributed by atoms with Gasteiger partial charge in [-0.3, -0.25) is 0 Å². The third kappa shape index (κ3) is 7.39. The van der Waals surface area contributed by atoms with Crippen molar-refractivity contribution < 1.29 is 0 Å². The predicted molar refractivity (Wildman–Crippen MR) is 313 cm³/mol. The highest BCUT2D eigenvalue weighted by atomic mass is 28.3. The lowest BCUT2D eigenvalue weighted by atomic mass is 9.85. The summed E-state index contributed by atoms with van der Waals surface area (Å²) in [6.07, 6.45) is 0. The van der Waals surface area contributed by atoms with E-state index in [1.165, 1.54) is 120 Å². The number of benzene rings is 9. The molecule has 2 heterocycles. The van der Waals surface area contributed by atoms with Crippen LogP contribution in [0.2, 0.25) is 78.6 Å². The molecular formula is C62H64N2Si4. The van der Waals surface area contributed by atoms with E-state index < -0.39 is 32.3 Å². The second kappa shape index (κ2) is 15.8. The molecular weight excluding hydrogens is 885 g/mol. The highest BCUT2D eigenvalue weighted by Gasteiger charge is 2.26. The maximum Gasteiger partial charge on any atom is 0.0776 e. The summed E-state index contributed by atoms with van der Waals surface area (Å²) in [6, 6.07) is 66.2. The van der Waals surface area contributed by atoms with Crippen LogP contribution in [0.4, 0.5) is 0 Å². The van der Waals surface area contributed by atoms with Crippen molar-refractivity contribution in [1.82, 2.24) is 9.13 Å². The van der Waals surface area contributed by atoms with Crippen LogP contribution in [0, 0.1) is 0 Å². The zero-order chi connectivity index (χ0) is 47.7. The molecule has 2 nitrogen and oxygen atoms in total. The summed E-state index contributed by atoms with van der Waals surface area (Å²) in [5.74, 6) is 0. The fourth-order valence-corrected chi connectivity index (χ4v) is 15.4. The Morgan fingerprint density at radius 1 is 0.250 bits per heavy atom. The van der Waals surface area contributed by atoms with Gasteiger partial charge in [0.25, 0.3) is 0 Å².